The molecule has 1 heterocycles. The summed E-state index contributed by atoms with van der Waals surface area (Å²) in [6, 6.07) is 8.23. The Bertz CT molecular complexity index is 781. The molecule has 2 aromatic rings. The van der Waals surface area contributed by atoms with E-state index < -0.39 is 23.6 Å². The summed E-state index contributed by atoms with van der Waals surface area (Å²) in [6.07, 6.45) is -3.28. The average Bonchev–Trinajstić information content (AvgIpc) is 2.57. The van der Waals surface area contributed by atoms with Gasteiger partial charge in [-0.1, -0.05) is 18.2 Å². The lowest BCUT2D eigenvalue weighted by Crippen LogP contribution is -2.25. The van der Waals surface area contributed by atoms with Crippen molar-refractivity contribution in [1.29, 1.82) is 0 Å². The van der Waals surface area contributed by atoms with Gasteiger partial charge in [-0.3, -0.25) is 14.9 Å². The third kappa shape index (κ3) is 5.16. The number of amides is 1. The largest absolute Gasteiger partial charge is 0.468 e. The van der Waals surface area contributed by atoms with Crippen LogP contribution in [-0.2, 0) is 6.54 Å². The molecule has 132 valence electrons. The minimum Gasteiger partial charge on any atom is -0.468 e. The Kier molecular flexibility index (Phi) is 5.52. The zero-order chi connectivity index (χ0) is 18.4. The number of nitro groups is 1. The van der Waals surface area contributed by atoms with E-state index in [2.05, 4.69) is 15.0 Å². The van der Waals surface area contributed by atoms with Crippen LogP contribution in [0.1, 0.15) is 15.9 Å². The number of hydrogen-bond acceptors (Lipinski definition) is 5. The van der Waals surface area contributed by atoms with Crippen molar-refractivity contribution in [2.24, 2.45) is 0 Å². The normalized spacial score (nSPS) is 11.0. The summed E-state index contributed by atoms with van der Waals surface area (Å²) in [5.74, 6) is -1.01. The molecule has 7 nitrogen and oxygen atoms in total. The molecule has 1 aromatic carbocycles. The van der Waals surface area contributed by atoms with Gasteiger partial charge < -0.3 is 10.1 Å². The Morgan fingerprint density at radius 1 is 1.24 bits per heavy atom. The lowest BCUT2D eigenvalue weighted by Gasteiger charge is -2.12. The molecule has 1 N–H and O–H groups in total. The number of nitro benzene ring substituents is 1. The van der Waals surface area contributed by atoms with E-state index >= 15 is 0 Å². The Morgan fingerprint density at radius 3 is 2.64 bits per heavy atom. The fraction of sp³-hybridized carbons (Fsp3) is 0.200. The number of aromatic nitrogens is 1. The quantitative estimate of drug-likeness (QED) is 0.635. The van der Waals surface area contributed by atoms with E-state index in [0.717, 1.165) is 0 Å². The highest BCUT2D eigenvalue weighted by atomic mass is 19.4. The molecule has 0 aliphatic carbocycles. The fourth-order valence-electron chi connectivity index (χ4n) is 1.93. The van der Waals surface area contributed by atoms with Gasteiger partial charge >= 0.3 is 6.18 Å². The zero-order valence-electron chi connectivity index (χ0n) is 12.6. The first-order chi connectivity index (χ1) is 11.8. The molecule has 25 heavy (non-hydrogen) atoms. The molecule has 1 amide bonds. The van der Waals surface area contributed by atoms with Gasteiger partial charge in [0.15, 0.2) is 6.61 Å². The van der Waals surface area contributed by atoms with E-state index in [1.807, 2.05) is 0 Å². The number of alkyl halides is 3. The van der Waals surface area contributed by atoms with Crippen LogP contribution in [0, 0.1) is 10.1 Å². The first-order valence-electron chi connectivity index (χ1n) is 6.93. The molecule has 0 saturated heterocycles. The average molecular weight is 355 g/mol. The molecule has 0 aliphatic rings. The summed E-state index contributed by atoms with van der Waals surface area (Å²) >= 11 is 0. The van der Waals surface area contributed by atoms with Crippen LogP contribution < -0.4 is 10.1 Å². The summed E-state index contributed by atoms with van der Waals surface area (Å²) < 4.78 is 41.3. The predicted molar refractivity (Wildman–Crippen MR) is 80.1 cm³/mol. The number of benzene rings is 1. The van der Waals surface area contributed by atoms with Crippen LogP contribution in [0.25, 0.3) is 0 Å². The van der Waals surface area contributed by atoms with Crippen LogP contribution in [0.4, 0.5) is 18.9 Å². The van der Waals surface area contributed by atoms with Crippen LogP contribution in [0.5, 0.6) is 5.88 Å². The van der Waals surface area contributed by atoms with Crippen molar-refractivity contribution in [3.63, 3.8) is 0 Å². The molecule has 0 saturated carbocycles. The van der Waals surface area contributed by atoms with Crippen molar-refractivity contribution >= 4 is 11.6 Å². The molecule has 0 bridgehead atoms. The van der Waals surface area contributed by atoms with Gasteiger partial charge in [0.05, 0.1) is 4.92 Å². The summed E-state index contributed by atoms with van der Waals surface area (Å²) in [5.41, 5.74) is -0.326. The number of nitrogens with one attached hydrogen (secondary N) is 1. The number of para-hydroxylation sites is 1. The number of halogens is 3. The van der Waals surface area contributed by atoms with Gasteiger partial charge in [-0.25, -0.2) is 4.98 Å². The van der Waals surface area contributed by atoms with Crippen molar-refractivity contribution < 1.29 is 27.6 Å². The van der Waals surface area contributed by atoms with Crippen molar-refractivity contribution in [3.05, 3.63) is 63.8 Å². The van der Waals surface area contributed by atoms with Gasteiger partial charge in [0.25, 0.3) is 11.6 Å². The monoisotopic (exact) mass is 355 g/mol. The van der Waals surface area contributed by atoms with E-state index in [0.29, 0.717) is 0 Å². The lowest BCUT2D eigenvalue weighted by molar-refractivity contribution is -0.385. The third-order valence-electron chi connectivity index (χ3n) is 3.01. The Morgan fingerprint density at radius 2 is 1.96 bits per heavy atom. The molecule has 0 aliphatic heterocycles. The summed E-state index contributed by atoms with van der Waals surface area (Å²) in [5, 5.41) is 13.3. The van der Waals surface area contributed by atoms with Gasteiger partial charge in [-0.15, -0.1) is 0 Å². The van der Waals surface area contributed by atoms with Gasteiger partial charge in [-0.05, 0) is 12.1 Å². The zero-order valence-corrected chi connectivity index (χ0v) is 12.6. The SMILES string of the molecule is O=C(NCc1cccnc1OCC(F)(F)F)c1ccccc1[N+](=O)[O-]. The maximum Gasteiger partial charge on any atom is 0.422 e. The number of hydrogen-bond donors (Lipinski definition) is 1. The topological polar surface area (TPSA) is 94.4 Å². The molecule has 0 atom stereocenters. The number of carbonyl (C=O) groups excluding carboxylic acids is 1. The second-order valence-electron chi connectivity index (χ2n) is 4.83. The lowest BCUT2D eigenvalue weighted by atomic mass is 10.1. The Balaban J connectivity index is 2.09. The predicted octanol–water partition coefficient (Wildman–Crippen LogP) is 2.86. The summed E-state index contributed by atoms with van der Waals surface area (Å²) in [4.78, 5) is 26.0. The van der Waals surface area contributed by atoms with Crippen LogP contribution in [0.3, 0.4) is 0 Å². The number of pyridine rings is 1. The van der Waals surface area contributed by atoms with Gasteiger partial charge in [0.1, 0.15) is 5.56 Å². The Labute approximate surface area is 139 Å². The van der Waals surface area contributed by atoms with E-state index in [4.69, 9.17) is 0 Å². The number of nitrogens with zero attached hydrogens (tertiary/aromatic N) is 2. The molecule has 0 fully saturated rings. The third-order valence-corrected chi connectivity index (χ3v) is 3.01. The van der Waals surface area contributed by atoms with Crippen LogP contribution >= 0.6 is 0 Å². The second-order valence-corrected chi connectivity index (χ2v) is 4.83. The first-order valence-corrected chi connectivity index (χ1v) is 6.93. The highest BCUT2D eigenvalue weighted by molar-refractivity contribution is 5.98. The van der Waals surface area contributed by atoms with Crippen molar-refractivity contribution in [3.8, 4) is 5.88 Å². The van der Waals surface area contributed by atoms with E-state index in [-0.39, 0.29) is 29.2 Å². The molecule has 0 unspecified atom stereocenters. The Hall–Kier alpha value is -3.17. The van der Waals surface area contributed by atoms with E-state index in [1.165, 1.54) is 42.6 Å². The van der Waals surface area contributed by atoms with Crippen LogP contribution in [0.15, 0.2) is 42.6 Å². The van der Waals surface area contributed by atoms with Crippen LogP contribution in [0.2, 0.25) is 0 Å². The molecule has 10 heteroatoms. The summed E-state index contributed by atoms with van der Waals surface area (Å²) in [7, 11) is 0. The van der Waals surface area contributed by atoms with E-state index in [1.54, 1.807) is 0 Å². The smallest absolute Gasteiger partial charge is 0.422 e. The minimum absolute atomic E-state index is 0.158. The minimum atomic E-state index is -4.53. The molecule has 0 radical (unpaired) electrons. The van der Waals surface area contributed by atoms with Gasteiger partial charge in [0.2, 0.25) is 5.88 Å². The number of carbonyl (C=O) groups is 1. The molecule has 0 spiro atoms. The molecular formula is C15H12F3N3O4. The second kappa shape index (κ2) is 7.60. The summed E-state index contributed by atoms with van der Waals surface area (Å²) in [6.45, 7) is -1.72. The number of rotatable bonds is 6. The highest BCUT2D eigenvalue weighted by Crippen LogP contribution is 2.21. The first kappa shape index (κ1) is 18.2. The molecule has 2 rings (SSSR count). The van der Waals surface area contributed by atoms with Crippen LogP contribution in [-0.4, -0.2) is 28.6 Å². The fourth-order valence-corrected chi connectivity index (χ4v) is 1.93. The van der Waals surface area contributed by atoms with E-state index in [9.17, 15) is 28.1 Å². The number of ether oxygens (including phenoxy) is 1. The maximum atomic E-state index is 12.2. The maximum absolute atomic E-state index is 12.2. The van der Waals surface area contributed by atoms with Crippen molar-refractivity contribution in [1.82, 2.24) is 10.3 Å². The molecular weight excluding hydrogens is 343 g/mol. The van der Waals surface area contributed by atoms with Crippen molar-refractivity contribution in [2.45, 2.75) is 12.7 Å². The highest BCUT2D eigenvalue weighted by Gasteiger charge is 2.29. The molecule has 1 aromatic heterocycles. The van der Waals surface area contributed by atoms with Gasteiger partial charge in [0, 0.05) is 24.4 Å². The standard InChI is InChI=1S/C15H12F3N3O4/c16-15(17,18)9-25-14-10(4-3-7-19-14)8-20-13(22)11-5-1-2-6-12(11)21(23)24/h1-7H,8-9H2,(H,20,22). The van der Waals surface area contributed by atoms with Gasteiger partial charge in [-0.2, -0.15) is 13.2 Å². The van der Waals surface area contributed by atoms with Crippen molar-refractivity contribution in [2.75, 3.05) is 6.61 Å².